The van der Waals surface area contributed by atoms with Crippen molar-refractivity contribution in [2.24, 2.45) is 0 Å². The van der Waals surface area contributed by atoms with E-state index >= 15 is 0 Å². The number of rotatable bonds is 9. The van der Waals surface area contributed by atoms with Crippen LogP contribution in [0.2, 0.25) is 0 Å². The first kappa shape index (κ1) is 22.9. The van der Waals surface area contributed by atoms with Crippen LogP contribution in [0.3, 0.4) is 0 Å². The van der Waals surface area contributed by atoms with Gasteiger partial charge in [0.05, 0.1) is 18.3 Å². The van der Waals surface area contributed by atoms with Crippen LogP contribution in [0.15, 0.2) is 78.9 Å². The Kier molecular flexibility index (Phi) is 6.66. The summed E-state index contributed by atoms with van der Waals surface area (Å²) < 4.78 is 6.01. The smallest absolute Gasteiger partial charge is 0.273 e. The van der Waals surface area contributed by atoms with E-state index in [9.17, 15) is 4.79 Å². The minimum absolute atomic E-state index is 0.0101. The van der Waals surface area contributed by atoms with Crippen molar-refractivity contribution in [3.63, 3.8) is 0 Å². The summed E-state index contributed by atoms with van der Waals surface area (Å²) in [5.74, 6) is 0.823. The van der Waals surface area contributed by atoms with Crippen LogP contribution in [-0.2, 0) is 6.42 Å². The van der Waals surface area contributed by atoms with Crippen molar-refractivity contribution < 1.29 is 9.53 Å². The predicted octanol–water partition coefficient (Wildman–Crippen LogP) is 6.35. The summed E-state index contributed by atoms with van der Waals surface area (Å²) in [6.45, 7) is 5.53. The average molecular weight is 466 g/mol. The number of ether oxygens (including phenoxy) is 1. The molecule has 5 rings (SSSR count). The van der Waals surface area contributed by atoms with Gasteiger partial charge in [0, 0.05) is 17.7 Å². The van der Waals surface area contributed by atoms with Gasteiger partial charge in [-0.1, -0.05) is 85.6 Å². The molecular weight excluding hydrogens is 434 g/mol. The highest BCUT2D eigenvalue weighted by atomic mass is 16.5. The molecule has 3 aromatic carbocycles. The molecule has 0 spiro atoms. The van der Waals surface area contributed by atoms with E-state index in [0.717, 1.165) is 47.4 Å². The molecule has 0 saturated heterocycles. The number of aromatic amines is 1. The highest BCUT2D eigenvalue weighted by Crippen LogP contribution is 2.43. The van der Waals surface area contributed by atoms with Crippen molar-refractivity contribution in [1.29, 1.82) is 0 Å². The Morgan fingerprint density at radius 2 is 1.80 bits per heavy atom. The zero-order valence-electron chi connectivity index (χ0n) is 20.3. The summed E-state index contributed by atoms with van der Waals surface area (Å²) in [5.41, 5.74) is 6.80. The molecule has 1 amide bonds. The van der Waals surface area contributed by atoms with Crippen LogP contribution >= 0.6 is 0 Å². The van der Waals surface area contributed by atoms with Crippen molar-refractivity contribution >= 4 is 5.91 Å². The van der Waals surface area contributed by atoms with Crippen LogP contribution in [0, 0.1) is 6.92 Å². The molecule has 4 aromatic rings. The van der Waals surface area contributed by atoms with E-state index in [-0.39, 0.29) is 11.9 Å². The Morgan fingerprint density at radius 1 is 1.00 bits per heavy atom. The highest BCUT2D eigenvalue weighted by Gasteiger charge is 2.42. The molecule has 1 unspecified atom stereocenters. The summed E-state index contributed by atoms with van der Waals surface area (Å²) in [4.78, 5) is 15.6. The number of unbranched alkanes of at least 4 members (excludes halogenated alkanes) is 1. The van der Waals surface area contributed by atoms with Gasteiger partial charge in [0.1, 0.15) is 11.4 Å². The normalized spacial score (nSPS) is 14.9. The first-order chi connectivity index (χ1) is 17.2. The van der Waals surface area contributed by atoms with Crippen molar-refractivity contribution in [3.05, 3.63) is 107 Å². The Balaban J connectivity index is 1.54. The fourth-order valence-corrected chi connectivity index (χ4v) is 4.71. The van der Waals surface area contributed by atoms with Crippen LogP contribution in [-0.4, -0.2) is 34.2 Å². The number of H-pyrrole nitrogens is 1. The monoisotopic (exact) mass is 465 g/mol. The second-order valence-electron chi connectivity index (χ2n) is 9.14. The molecule has 0 fully saturated rings. The van der Waals surface area contributed by atoms with Crippen molar-refractivity contribution in [3.8, 4) is 17.0 Å². The van der Waals surface area contributed by atoms with E-state index in [1.54, 1.807) is 0 Å². The van der Waals surface area contributed by atoms with Crippen LogP contribution in [0.1, 0.15) is 58.5 Å². The lowest BCUT2D eigenvalue weighted by Gasteiger charge is -2.27. The van der Waals surface area contributed by atoms with Gasteiger partial charge in [-0.25, -0.2) is 0 Å². The second kappa shape index (κ2) is 10.2. The average Bonchev–Trinajstić information content (AvgIpc) is 3.43. The molecule has 5 heteroatoms. The number of amides is 1. The molecular formula is C30H31N3O2. The Morgan fingerprint density at radius 3 is 2.57 bits per heavy atom. The number of aryl methyl sites for hydroxylation is 1. The highest BCUT2D eigenvalue weighted by molar-refractivity contribution is 6.00. The van der Waals surface area contributed by atoms with E-state index < -0.39 is 0 Å². The maximum atomic E-state index is 13.6. The van der Waals surface area contributed by atoms with Crippen molar-refractivity contribution in [1.82, 2.24) is 15.1 Å². The maximum Gasteiger partial charge on any atom is 0.273 e. The fourth-order valence-electron chi connectivity index (χ4n) is 4.71. The van der Waals surface area contributed by atoms with Gasteiger partial charge in [0.15, 0.2) is 0 Å². The number of carbonyl (C=O) groups excluding carboxylic acids is 1. The molecule has 1 aliphatic heterocycles. The summed E-state index contributed by atoms with van der Waals surface area (Å²) in [6.07, 6.45) is 2.88. The van der Waals surface area contributed by atoms with E-state index in [0.29, 0.717) is 18.8 Å². The molecule has 0 bridgehead atoms. The second-order valence-corrected chi connectivity index (χ2v) is 9.14. The molecule has 0 radical (unpaired) electrons. The standard InChI is InChI=1S/C30H31N3O2/c1-3-4-19-35-25-12-8-11-24(20-25)29-26-27(23-15-13-21(2)14-16-23)31-32-28(26)30(34)33(29)18-17-22-9-6-5-7-10-22/h5-16,20,29H,3-4,17-19H2,1-2H3,(H,31,32). The van der Waals surface area contributed by atoms with Gasteiger partial charge < -0.3 is 9.64 Å². The summed E-state index contributed by atoms with van der Waals surface area (Å²) in [5, 5.41) is 7.66. The Hall–Kier alpha value is -3.86. The Labute approximate surface area is 206 Å². The number of fused-ring (bicyclic) bond motifs is 1. The number of aromatic nitrogens is 2. The van der Waals surface area contributed by atoms with Gasteiger partial charge in [-0.3, -0.25) is 9.89 Å². The lowest BCUT2D eigenvalue weighted by Crippen LogP contribution is -2.31. The van der Waals surface area contributed by atoms with Gasteiger partial charge in [-0.2, -0.15) is 5.10 Å². The SMILES string of the molecule is CCCCOc1cccc(C2c3c(-c4ccc(C)cc4)n[nH]c3C(=O)N2CCc2ccccc2)c1. The third-order valence-electron chi connectivity index (χ3n) is 6.61. The molecule has 5 nitrogen and oxygen atoms in total. The molecule has 0 aliphatic carbocycles. The number of carbonyl (C=O) groups is 1. The largest absolute Gasteiger partial charge is 0.494 e. The number of benzene rings is 3. The third-order valence-corrected chi connectivity index (χ3v) is 6.61. The Bertz CT molecular complexity index is 1290. The molecule has 1 aromatic heterocycles. The van der Waals surface area contributed by atoms with Crippen molar-refractivity contribution in [2.75, 3.05) is 13.2 Å². The quantitative estimate of drug-likeness (QED) is 0.293. The lowest BCUT2D eigenvalue weighted by atomic mass is 9.95. The number of hydrogen-bond donors (Lipinski definition) is 1. The maximum absolute atomic E-state index is 13.6. The third kappa shape index (κ3) is 4.72. The minimum Gasteiger partial charge on any atom is -0.494 e. The first-order valence-corrected chi connectivity index (χ1v) is 12.4. The van der Waals surface area contributed by atoms with Gasteiger partial charge in [0.25, 0.3) is 5.91 Å². The zero-order valence-corrected chi connectivity index (χ0v) is 20.3. The van der Waals surface area contributed by atoms with Crippen LogP contribution in [0.25, 0.3) is 11.3 Å². The molecule has 2 heterocycles. The van der Waals surface area contributed by atoms with Crippen molar-refractivity contribution in [2.45, 2.75) is 39.2 Å². The van der Waals surface area contributed by atoms with Gasteiger partial charge >= 0.3 is 0 Å². The molecule has 178 valence electrons. The molecule has 1 aliphatic rings. The summed E-state index contributed by atoms with van der Waals surface area (Å²) in [7, 11) is 0. The van der Waals surface area contributed by atoms with E-state index in [4.69, 9.17) is 4.74 Å². The number of nitrogens with zero attached hydrogens (tertiary/aromatic N) is 2. The molecule has 1 N–H and O–H groups in total. The molecule has 1 atom stereocenters. The zero-order chi connectivity index (χ0) is 24.2. The van der Waals surface area contributed by atoms with E-state index in [1.165, 1.54) is 11.1 Å². The number of nitrogens with one attached hydrogen (secondary N) is 1. The lowest BCUT2D eigenvalue weighted by molar-refractivity contribution is 0.0745. The summed E-state index contributed by atoms with van der Waals surface area (Å²) >= 11 is 0. The number of hydrogen-bond acceptors (Lipinski definition) is 3. The van der Waals surface area contributed by atoms with Gasteiger partial charge in [-0.15, -0.1) is 0 Å². The van der Waals surface area contributed by atoms with E-state index in [2.05, 4.69) is 72.6 Å². The summed E-state index contributed by atoms with van der Waals surface area (Å²) in [6, 6.07) is 26.5. The predicted molar refractivity (Wildman–Crippen MR) is 139 cm³/mol. The van der Waals surface area contributed by atoms with Crippen LogP contribution < -0.4 is 4.74 Å². The molecule has 0 saturated carbocycles. The van der Waals surface area contributed by atoms with Crippen LogP contribution in [0.5, 0.6) is 5.75 Å². The van der Waals surface area contributed by atoms with Gasteiger partial charge in [-0.05, 0) is 43.0 Å². The molecule has 35 heavy (non-hydrogen) atoms. The minimum atomic E-state index is -0.231. The van der Waals surface area contributed by atoms with E-state index in [1.807, 2.05) is 35.2 Å². The van der Waals surface area contributed by atoms with Gasteiger partial charge in [0.2, 0.25) is 0 Å². The van der Waals surface area contributed by atoms with Crippen LogP contribution in [0.4, 0.5) is 0 Å². The first-order valence-electron chi connectivity index (χ1n) is 12.4. The topological polar surface area (TPSA) is 58.2 Å². The fraction of sp³-hybridized carbons (Fsp3) is 0.267.